The van der Waals surface area contributed by atoms with Crippen LogP contribution in [0.25, 0.3) is 0 Å². The van der Waals surface area contributed by atoms with Crippen LogP contribution in [0.4, 0.5) is 0 Å². The molecule has 0 saturated heterocycles. The van der Waals surface area contributed by atoms with E-state index in [1.807, 2.05) is 0 Å². The lowest BCUT2D eigenvalue weighted by Gasteiger charge is -2.18. The van der Waals surface area contributed by atoms with Gasteiger partial charge in [-0.2, -0.15) is 0 Å². The van der Waals surface area contributed by atoms with Gasteiger partial charge in [-0.3, -0.25) is 9.59 Å². The summed E-state index contributed by atoms with van der Waals surface area (Å²) in [6.45, 7) is 4.40. The van der Waals surface area contributed by atoms with E-state index in [4.69, 9.17) is 9.84 Å². The van der Waals surface area contributed by atoms with Gasteiger partial charge in [-0.25, -0.2) is 0 Å². The van der Waals surface area contributed by atoms with Crippen molar-refractivity contribution in [2.75, 3.05) is 0 Å². The molecule has 1 N–H and O–H groups in total. The Balaban J connectivity index is 3.97. The molecule has 0 aliphatic carbocycles. The van der Waals surface area contributed by atoms with E-state index in [1.54, 1.807) is 0 Å². The summed E-state index contributed by atoms with van der Waals surface area (Å²) in [5.41, 5.74) is 0. The molecule has 0 aliphatic rings. The molecule has 0 aliphatic heterocycles. The van der Waals surface area contributed by atoms with Gasteiger partial charge in [-0.15, -0.1) is 0 Å². The van der Waals surface area contributed by atoms with Crippen molar-refractivity contribution in [3.05, 3.63) is 0 Å². The summed E-state index contributed by atoms with van der Waals surface area (Å²) in [6, 6.07) is 0. The van der Waals surface area contributed by atoms with Gasteiger partial charge in [0, 0.05) is 12.8 Å². The molecule has 0 aromatic rings. The minimum atomic E-state index is -0.703. The average Bonchev–Trinajstić information content (AvgIpc) is 2.71. The van der Waals surface area contributed by atoms with E-state index in [9.17, 15) is 9.59 Å². The Kier molecular flexibility index (Phi) is 21.8. The third-order valence-electron chi connectivity index (χ3n) is 5.83. The molecule has 178 valence electrons. The quantitative estimate of drug-likeness (QED) is 0.132. The van der Waals surface area contributed by atoms with Crippen LogP contribution >= 0.6 is 0 Å². The maximum Gasteiger partial charge on any atom is 0.306 e. The second-order valence-corrected chi connectivity index (χ2v) is 8.89. The predicted molar refractivity (Wildman–Crippen MR) is 126 cm³/mol. The maximum atomic E-state index is 12.1. The lowest BCUT2D eigenvalue weighted by molar-refractivity contribution is -0.150. The van der Waals surface area contributed by atoms with Crippen LogP contribution in [-0.4, -0.2) is 23.1 Å². The van der Waals surface area contributed by atoms with Crippen LogP contribution < -0.4 is 0 Å². The van der Waals surface area contributed by atoms with Crippen LogP contribution in [-0.2, 0) is 14.3 Å². The van der Waals surface area contributed by atoms with Crippen LogP contribution in [0.15, 0.2) is 0 Å². The number of carbonyl (C=O) groups is 2. The van der Waals surface area contributed by atoms with Crippen LogP contribution in [0.2, 0.25) is 0 Å². The highest BCUT2D eigenvalue weighted by molar-refractivity contribution is 5.69. The van der Waals surface area contributed by atoms with Gasteiger partial charge >= 0.3 is 11.9 Å². The van der Waals surface area contributed by atoms with Crippen LogP contribution in [0.3, 0.4) is 0 Å². The molecule has 0 bridgehead atoms. The van der Waals surface area contributed by atoms with Gasteiger partial charge < -0.3 is 9.84 Å². The lowest BCUT2D eigenvalue weighted by Crippen LogP contribution is -2.18. The molecule has 0 saturated carbocycles. The maximum absolute atomic E-state index is 12.1. The highest BCUT2D eigenvalue weighted by Gasteiger charge is 2.14. The van der Waals surface area contributed by atoms with Crippen molar-refractivity contribution in [2.24, 2.45) is 0 Å². The molecule has 0 rings (SSSR count). The summed E-state index contributed by atoms with van der Waals surface area (Å²) in [5.74, 6) is -0.725. The summed E-state index contributed by atoms with van der Waals surface area (Å²) < 4.78 is 5.81. The number of aliphatic carboxylic acids is 1. The number of carboxylic acid groups (broad SMARTS) is 1. The number of carboxylic acids is 1. The molecular formula is C26H50O4. The van der Waals surface area contributed by atoms with E-state index in [1.165, 1.54) is 51.4 Å². The average molecular weight is 427 g/mol. The minimum Gasteiger partial charge on any atom is -0.481 e. The van der Waals surface area contributed by atoms with E-state index in [2.05, 4.69) is 13.8 Å². The Morgan fingerprint density at radius 1 is 0.600 bits per heavy atom. The largest absolute Gasteiger partial charge is 0.481 e. The third-order valence-corrected chi connectivity index (χ3v) is 5.83. The van der Waals surface area contributed by atoms with Crippen molar-refractivity contribution in [3.8, 4) is 0 Å². The van der Waals surface area contributed by atoms with Crippen LogP contribution in [0.5, 0.6) is 0 Å². The molecule has 1 unspecified atom stereocenters. The van der Waals surface area contributed by atoms with Gasteiger partial charge in [0.1, 0.15) is 6.10 Å². The molecule has 0 heterocycles. The molecule has 0 amide bonds. The van der Waals surface area contributed by atoms with Gasteiger partial charge in [0.15, 0.2) is 0 Å². The summed E-state index contributed by atoms with van der Waals surface area (Å²) in [5, 5.41) is 8.69. The molecule has 4 heteroatoms. The van der Waals surface area contributed by atoms with Crippen molar-refractivity contribution < 1.29 is 19.4 Å². The number of rotatable bonds is 23. The number of hydrogen-bond acceptors (Lipinski definition) is 3. The number of unbranched alkanes of at least 4 members (excludes halogenated alkanes) is 14. The summed E-state index contributed by atoms with van der Waals surface area (Å²) in [6.07, 6.45) is 22.8. The number of hydrogen-bond donors (Lipinski definition) is 1. The first-order chi connectivity index (χ1) is 14.6. The van der Waals surface area contributed by atoms with Crippen molar-refractivity contribution in [3.63, 3.8) is 0 Å². The lowest BCUT2D eigenvalue weighted by atomic mass is 10.0. The summed E-state index contributed by atoms with van der Waals surface area (Å²) in [7, 11) is 0. The fraction of sp³-hybridized carbons (Fsp3) is 0.923. The number of esters is 1. The predicted octanol–water partition coefficient (Wildman–Crippen LogP) is 8.21. The van der Waals surface area contributed by atoms with E-state index in [-0.39, 0.29) is 18.5 Å². The first-order valence-electron chi connectivity index (χ1n) is 13.0. The van der Waals surface area contributed by atoms with Gasteiger partial charge in [-0.05, 0) is 38.5 Å². The monoisotopic (exact) mass is 426 g/mol. The van der Waals surface area contributed by atoms with Crippen molar-refractivity contribution in [1.29, 1.82) is 0 Å². The molecule has 0 fully saturated rings. The fourth-order valence-corrected chi connectivity index (χ4v) is 3.89. The minimum absolute atomic E-state index is 0.0224. The first kappa shape index (κ1) is 28.9. The summed E-state index contributed by atoms with van der Waals surface area (Å²) in [4.78, 5) is 22.7. The Hall–Kier alpha value is -1.06. The third kappa shape index (κ3) is 21.6. The van der Waals surface area contributed by atoms with Crippen LogP contribution in [0, 0.1) is 0 Å². The first-order valence-corrected chi connectivity index (χ1v) is 13.0. The molecular weight excluding hydrogens is 376 g/mol. The van der Waals surface area contributed by atoms with Gasteiger partial charge in [0.05, 0.1) is 0 Å². The zero-order chi connectivity index (χ0) is 22.3. The van der Waals surface area contributed by atoms with E-state index in [0.29, 0.717) is 6.42 Å². The highest BCUT2D eigenvalue weighted by Crippen LogP contribution is 2.18. The van der Waals surface area contributed by atoms with E-state index in [0.717, 1.165) is 70.6 Å². The molecule has 4 nitrogen and oxygen atoms in total. The molecule has 1 atom stereocenters. The van der Waals surface area contributed by atoms with Crippen molar-refractivity contribution in [1.82, 2.24) is 0 Å². The Morgan fingerprint density at radius 3 is 1.50 bits per heavy atom. The van der Waals surface area contributed by atoms with E-state index >= 15 is 0 Å². The number of ether oxygens (including phenoxy) is 1. The Labute approximate surface area is 186 Å². The molecule has 0 radical (unpaired) electrons. The second kappa shape index (κ2) is 22.6. The number of carbonyl (C=O) groups excluding carboxylic acids is 1. The highest BCUT2D eigenvalue weighted by atomic mass is 16.5. The summed E-state index contributed by atoms with van der Waals surface area (Å²) >= 11 is 0. The van der Waals surface area contributed by atoms with Gasteiger partial charge in [0.25, 0.3) is 0 Å². The molecule has 30 heavy (non-hydrogen) atoms. The fourth-order valence-electron chi connectivity index (χ4n) is 3.89. The molecule has 0 aromatic heterocycles. The zero-order valence-electron chi connectivity index (χ0n) is 20.1. The standard InChI is InChI=1S/C26H50O4/c1-3-5-7-8-9-10-11-13-17-20-24(30-26(29)23-16-6-4-2)21-18-14-12-15-19-22-25(27)28/h24H,3-23H2,1-2H3,(H,27,28). The molecule has 0 aromatic carbocycles. The van der Waals surface area contributed by atoms with Crippen LogP contribution in [0.1, 0.15) is 149 Å². The van der Waals surface area contributed by atoms with Crippen molar-refractivity contribution >= 4 is 11.9 Å². The smallest absolute Gasteiger partial charge is 0.306 e. The van der Waals surface area contributed by atoms with Gasteiger partial charge in [0.2, 0.25) is 0 Å². The molecule has 0 spiro atoms. The SMILES string of the molecule is CCCCCCCCCCCC(CCCCCCCC(=O)O)OC(=O)CCCCC. The normalized spacial score (nSPS) is 12.1. The van der Waals surface area contributed by atoms with Crippen molar-refractivity contribution in [2.45, 2.75) is 155 Å². The Bertz CT molecular complexity index is 394. The van der Waals surface area contributed by atoms with Gasteiger partial charge in [-0.1, -0.05) is 97.3 Å². The van der Waals surface area contributed by atoms with E-state index < -0.39 is 5.97 Å². The zero-order valence-corrected chi connectivity index (χ0v) is 20.1. The Morgan fingerprint density at radius 2 is 1.00 bits per heavy atom. The second-order valence-electron chi connectivity index (χ2n) is 8.89. The topological polar surface area (TPSA) is 63.6 Å².